The van der Waals surface area contributed by atoms with Crippen LogP contribution in [-0.2, 0) is 38.3 Å². The molecule has 5 atom stereocenters. The quantitative estimate of drug-likeness (QED) is 0.0310. The molecule has 0 amide bonds. The van der Waals surface area contributed by atoms with E-state index in [2.05, 4.69) is 4.18 Å². The van der Waals surface area contributed by atoms with Crippen LogP contribution in [0.1, 0.15) is 135 Å². The van der Waals surface area contributed by atoms with E-state index >= 15 is 0 Å². The molecule has 0 spiro atoms. The Morgan fingerprint density at radius 2 is 1.57 bits per heavy atom. The van der Waals surface area contributed by atoms with Gasteiger partial charge in [0.2, 0.25) is 10.4 Å². The van der Waals surface area contributed by atoms with E-state index in [-0.39, 0.29) is 60.9 Å². The minimum absolute atomic E-state index is 0. The molecule has 0 aromatic heterocycles. The summed E-state index contributed by atoms with van der Waals surface area (Å²) in [5.74, 6) is -0.805. The van der Waals surface area contributed by atoms with Crippen molar-refractivity contribution in [3.05, 3.63) is 12.2 Å². The molecule has 264 valence electrons. The zero-order valence-electron chi connectivity index (χ0n) is 28.5. The zero-order chi connectivity index (χ0) is 32.8. The minimum atomic E-state index is -4.70. The number of aliphatic hydroxyl groups is 1. The first-order chi connectivity index (χ1) is 21.6. The number of aliphatic hydroxyl groups excluding tert-OH is 1. The van der Waals surface area contributed by atoms with Crippen LogP contribution in [0.3, 0.4) is 0 Å². The van der Waals surface area contributed by atoms with Gasteiger partial charge in [-0.25, -0.2) is 13.2 Å². The van der Waals surface area contributed by atoms with E-state index < -0.39 is 28.3 Å². The Kier molecular flexibility index (Phi) is 24.6. The minimum Gasteiger partial charge on any atom is -0.726 e. The summed E-state index contributed by atoms with van der Waals surface area (Å²) in [6.45, 7) is 2.58. The Labute approximate surface area is 300 Å². The molecule has 13 heteroatoms. The van der Waals surface area contributed by atoms with Crippen LogP contribution in [0.4, 0.5) is 0 Å². The van der Waals surface area contributed by atoms with Crippen LogP contribution in [0.15, 0.2) is 12.2 Å². The second-order valence-corrected chi connectivity index (χ2v) is 13.6. The molecule has 2 aliphatic rings. The fourth-order valence-corrected chi connectivity index (χ4v) is 6.45. The molecule has 2 bridgehead atoms. The molecule has 0 aliphatic carbocycles. The molecular formula is C33H60NNaO10S. The van der Waals surface area contributed by atoms with Gasteiger partial charge in [0.1, 0.15) is 6.10 Å². The Bertz CT molecular complexity index is 924. The number of ether oxygens (including phenoxy) is 4. The molecule has 2 fully saturated rings. The second kappa shape index (κ2) is 25.8. The zero-order valence-corrected chi connectivity index (χ0v) is 31.4. The molecule has 2 rings (SSSR count). The van der Waals surface area contributed by atoms with E-state index in [1.54, 1.807) is 6.92 Å². The number of carbonyl (C=O) groups excluding carboxylic acids is 1. The topological polar surface area (TPSA) is 167 Å². The third-order valence-corrected chi connectivity index (χ3v) is 8.96. The summed E-state index contributed by atoms with van der Waals surface area (Å²) >= 11 is 0. The SMILES string of the molecule is CCOC(=O)/C=C/CCCC[C@H]1O[C@]2(CCCCCCCCCCCCCCCOCC(N)COS(=O)(=O)[O-])CC[C@@H](O)[C@H]1O2.[Na+]. The summed E-state index contributed by atoms with van der Waals surface area (Å²) in [6.07, 6.45) is 24.3. The van der Waals surface area contributed by atoms with Gasteiger partial charge >= 0.3 is 35.5 Å². The van der Waals surface area contributed by atoms with Crippen molar-refractivity contribution in [2.45, 2.75) is 165 Å². The van der Waals surface area contributed by atoms with Gasteiger partial charge in [-0.05, 0) is 45.4 Å². The van der Waals surface area contributed by atoms with Crippen molar-refractivity contribution in [1.29, 1.82) is 0 Å². The maximum atomic E-state index is 11.4. The van der Waals surface area contributed by atoms with Crippen LogP contribution in [0.5, 0.6) is 0 Å². The third-order valence-electron chi connectivity index (χ3n) is 8.54. The molecular weight excluding hydrogens is 625 g/mol. The average Bonchev–Trinajstić information content (AvgIpc) is 3.30. The van der Waals surface area contributed by atoms with Crippen molar-refractivity contribution >= 4 is 16.4 Å². The summed E-state index contributed by atoms with van der Waals surface area (Å²) in [6, 6.07) is -0.624. The summed E-state index contributed by atoms with van der Waals surface area (Å²) in [5, 5.41) is 10.5. The fourth-order valence-electron chi connectivity index (χ4n) is 6.11. The van der Waals surface area contributed by atoms with Gasteiger partial charge in [-0.1, -0.05) is 83.1 Å². The number of hydrogen-bond donors (Lipinski definition) is 2. The molecule has 0 radical (unpaired) electrons. The number of rotatable bonds is 28. The van der Waals surface area contributed by atoms with Crippen molar-refractivity contribution in [1.82, 2.24) is 0 Å². The molecule has 0 aromatic carbocycles. The van der Waals surface area contributed by atoms with Gasteiger partial charge in [-0.2, -0.15) is 0 Å². The van der Waals surface area contributed by atoms with Crippen molar-refractivity contribution in [2.24, 2.45) is 5.73 Å². The van der Waals surface area contributed by atoms with Crippen LogP contribution in [0, 0.1) is 0 Å². The maximum Gasteiger partial charge on any atom is 1.00 e. The van der Waals surface area contributed by atoms with Crippen molar-refractivity contribution in [3.63, 3.8) is 0 Å². The Hall–Kier alpha value is -0.120. The largest absolute Gasteiger partial charge is 1.00 e. The molecule has 2 heterocycles. The maximum absolute atomic E-state index is 11.4. The number of esters is 1. The molecule has 0 aromatic rings. The average molecular weight is 686 g/mol. The number of allylic oxidation sites excluding steroid dienone is 1. The molecule has 11 nitrogen and oxygen atoms in total. The first kappa shape index (κ1) is 43.9. The number of unbranched alkanes of at least 4 members (excludes halogenated alkanes) is 14. The van der Waals surface area contributed by atoms with Crippen LogP contribution in [0.25, 0.3) is 0 Å². The second-order valence-electron chi connectivity index (χ2n) is 12.6. The van der Waals surface area contributed by atoms with E-state index in [0.29, 0.717) is 13.2 Å². The first-order valence-corrected chi connectivity index (χ1v) is 18.8. The predicted molar refractivity (Wildman–Crippen MR) is 171 cm³/mol. The number of carbonyl (C=O) groups is 1. The van der Waals surface area contributed by atoms with Gasteiger partial charge in [0.25, 0.3) is 0 Å². The number of nitrogens with two attached hydrogens (primary N) is 1. The molecule has 3 N–H and O–H groups in total. The van der Waals surface area contributed by atoms with Crippen LogP contribution in [0.2, 0.25) is 0 Å². The number of fused-ring (bicyclic) bond motifs is 2. The van der Waals surface area contributed by atoms with Crippen LogP contribution < -0.4 is 35.3 Å². The van der Waals surface area contributed by atoms with Crippen LogP contribution >= 0.6 is 0 Å². The summed E-state index contributed by atoms with van der Waals surface area (Å²) in [4.78, 5) is 11.4. The van der Waals surface area contributed by atoms with Gasteiger partial charge in [-0.3, -0.25) is 4.18 Å². The Balaban J connectivity index is 0.0000106. The molecule has 2 saturated heterocycles. The van der Waals surface area contributed by atoms with E-state index in [4.69, 9.17) is 24.7 Å². The van der Waals surface area contributed by atoms with E-state index in [9.17, 15) is 22.9 Å². The van der Waals surface area contributed by atoms with Crippen LogP contribution in [-0.4, -0.2) is 80.6 Å². The van der Waals surface area contributed by atoms with E-state index in [1.165, 1.54) is 70.3 Å². The third kappa shape index (κ3) is 20.4. The van der Waals surface area contributed by atoms with E-state index in [0.717, 1.165) is 64.2 Å². The van der Waals surface area contributed by atoms with Gasteiger partial charge in [0.05, 0.1) is 38.1 Å². The fraction of sp³-hybridized carbons (Fsp3) is 0.909. The summed E-state index contributed by atoms with van der Waals surface area (Å²) < 4.78 is 58.4. The Morgan fingerprint density at radius 3 is 2.17 bits per heavy atom. The van der Waals surface area contributed by atoms with Crippen molar-refractivity contribution in [2.75, 3.05) is 26.4 Å². The molecule has 2 aliphatic heterocycles. The predicted octanol–water partition coefficient (Wildman–Crippen LogP) is 2.59. The van der Waals surface area contributed by atoms with Crippen molar-refractivity contribution in [3.8, 4) is 0 Å². The van der Waals surface area contributed by atoms with Gasteiger partial charge in [-0.15, -0.1) is 0 Å². The molecule has 0 saturated carbocycles. The van der Waals surface area contributed by atoms with Gasteiger partial charge in [0.15, 0.2) is 5.79 Å². The monoisotopic (exact) mass is 685 g/mol. The summed E-state index contributed by atoms with van der Waals surface area (Å²) in [7, 11) is -4.70. The van der Waals surface area contributed by atoms with Crippen molar-refractivity contribution < 1.29 is 75.6 Å². The van der Waals surface area contributed by atoms with Gasteiger partial charge in [0, 0.05) is 25.5 Å². The van der Waals surface area contributed by atoms with Gasteiger partial charge < -0.3 is 34.3 Å². The summed E-state index contributed by atoms with van der Waals surface area (Å²) in [5.41, 5.74) is 5.64. The molecule has 46 heavy (non-hydrogen) atoms. The normalized spacial score (nSPS) is 23.4. The standard InChI is InChI=1S/C33H61NO10S.Na/c1-2-41-31(36)21-17-13-12-16-20-30-32-29(35)22-24-33(43-30,44-32)23-18-14-10-8-6-4-3-5-7-9-11-15-19-25-40-26-28(34)27-42-45(37,38)39;/h17,21,28-30,32,35H,2-16,18-20,22-27,34H2,1H3,(H,37,38,39);/q;+1/p-1/b21-17+;/t28?,29-,30-,32-,33+;/m1./s1. The number of hydrogen-bond acceptors (Lipinski definition) is 11. The Morgan fingerprint density at radius 1 is 0.957 bits per heavy atom. The molecule has 1 unspecified atom stereocenters. The smallest absolute Gasteiger partial charge is 0.726 e. The first-order valence-electron chi connectivity index (χ1n) is 17.4. The van der Waals surface area contributed by atoms with E-state index in [1.807, 2.05) is 6.08 Å².